The first-order valence-electron chi connectivity index (χ1n) is 17.6. The molecular weight excluding hydrogens is 621 g/mol. The standard InChI is InChI=1S/C47H32N4/c1-47(2)36-25-31-19-9-10-20-32(31)26-42(36)50-41-24-14-12-22-34(41)43-44-35(27-37(47)45(43)50)33-21-11-13-23-40(33)51(44)46-48-38(29-15-5-3-6-16-29)28-39(49-46)30-17-7-4-8-18-30/h3-28H,1-2H3. The fourth-order valence-electron chi connectivity index (χ4n) is 8.65. The lowest BCUT2D eigenvalue weighted by Gasteiger charge is -2.35. The summed E-state index contributed by atoms with van der Waals surface area (Å²) in [7, 11) is 0. The van der Waals surface area contributed by atoms with E-state index < -0.39 is 0 Å². The van der Waals surface area contributed by atoms with Gasteiger partial charge in [-0.2, -0.15) is 0 Å². The van der Waals surface area contributed by atoms with Crippen molar-refractivity contribution in [2.24, 2.45) is 0 Å². The Bertz CT molecular complexity index is 2980. The molecule has 0 fully saturated rings. The van der Waals surface area contributed by atoms with E-state index in [2.05, 4.69) is 169 Å². The van der Waals surface area contributed by atoms with Gasteiger partial charge >= 0.3 is 0 Å². The zero-order valence-corrected chi connectivity index (χ0v) is 28.3. The summed E-state index contributed by atoms with van der Waals surface area (Å²) < 4.78 is 4.84. The second-order valence-corrected chi connectivity index (χ2v) is 14.3. The minimum absolute atomic E-state index is 0.246. The van der Waals surface area contributed by atoms with Gasteiger partial charge in [0, 0.05) is 38.1 Å². The molecule has 4 heteroatoms. The molecule has 7 aromatic carbocycles. The predicted octanol–water partition coefficient (Wildman–Crippen LogP) is 11.8. The molecule has 4 nitrogen and oxygen atoms in total. The first-order chi connectivity index (χ1) is 25.1. The quantitative estimate of drug-likeness (QED) is 0.190. The lowest BCUT2D eigenvalue weighted by molar-refractivity contribution is 0.632. The van der Waals surface area contributed by atoms with Crippen LogP contribution < -0.4 is 0 Å². The number of benzene rings is 7. The van der Waals surface area contributed by atoms with Crippen molar-refractivity contribution in [2.75, 3.05) is 0 Å². The normalized spacial score (nSPS) is 13.5. The van der Waals surface area contributed by atoms with Crippen LogP contribution in [0, 0.1) is 0 Å². The minimum Gasteiger partial charge on any atom is -0.309 e. The largest absolute Gasteiger partial charge is 0.309 e. The van der Waals surface area contributed by atoms with Crippen LogP contribution >= 0.6 is 0 Å². The molecule has 51 heavy (non-hydrogen) atoms. The summed E-state index contributed by atoms with van der Waals surface area (Å²) in [4.78, 5) is 10.7. The maximum atomic E-state index is 5.37. The van der Waals surface area contributed by atoms with Crippen molar-refractivity contribution >= 4 is 54.4 Å². The molecule has 0 aliphatic carbocycles. The molecule has 0 bridgehead atoms. The number of fused-ring (bicyclic) bond motifs is 10. The van der Waals surface area contributed by atoms with Gasteiger partial charge in [0.15, 0.2) is 0 Å². The fraction of sp³-hybridized carbons (Fsp3) is 0.0638. The van der Waals surface area contributed by atoms with Gasteiger partial charge in [0.1, 0.15) is 0 Å². The van der Waals surface area contributed by atoms with Crippen molar-refractivity contribution < 1.29 is 0 Å². The number of hydrogen-bond acceptors (Lipinski definition) is 2. The van der Waals surface area contributed by atoms with Gasteiger partial charge in [-0.15, -0.1) is 0 Å². The molecule has 0 spiro atoms. The average Bonchev–Trinajstić information content (AvgIpc) is 3.70. The van der Waals surface area contributed by atoms with Gasteiger partial charge < -0.3 is 4.57 Å². The molecule has 240 valence electrons. The smallest absolute Gasteiger partial charge is 0.235 e. The summed E-state index contributed by atoms with van der Waals surface area (Å²) in [5.74, 6) is 0.662. The van der Waals surface area contributed by atoms with Crippen LogP contribution in [0.25, 0.3) is 88.5 Å². The molecule has 1 aliphatic rings. The van der Waals surface area contributed by atoms with E-state index >= 15 is 0 Å². The first-order valence-corrected chi connectivity index (χ1v) is 17.6. The molecule has 3 aromatic heterocycles. The molecule has 10 aromatic rings. The molecule has 0 saturated heterocycles. The summed E-state index contributed by atoms with van der Waals surface area (Å²) in [5.41, 5.74) is 12.2. The Hall–Kier alpha value is -6.52. The van der Waals surface area contributed by atoms with Crippen LogP contribution in [0.4, 0.5) is 0 Å². The van der Waals surface area contributed by atoms with E-state index in [-0.39, 0.29) is 5.41 Å². The highest BCUT2D eigenvalue weighted by atomic mass is 15.2. The van der Waals surface area contributed by atoms with E-state index in [1.54, 1.807) is 0 Å². The van der Waals surface area contributed by atoms with E-state index in [0.29, 0.717) is 5.95 Å². The SMILES string of the molecule is CC1(C)c2cc3ccccc3cc2-n2c3ccccc3c3c2c1cc1c2ccccc2n(-c2nc(-c4ccccc4)cc(-c4ccccc4)n2)c13. The van der Waals surface area contributed by atoms with Gasteiger partial charge in [0.25, 0.3) is 0 Å². The zero-order valence-electron chi connectivity index (χ0n) is 28.3. The van der Waals surface area contributed by atoms with Gasteiger partial charge in [0.05, 0.1) is 39.1 Å². The Morgan fingerprint density at radius 3 is 1.67 bits per heavy atom. The van der Waals surface area contributed by atoms with E-state index in [1.807, 2.05) is 12.1 Å². The first kappa shape index (κ1) is 28.3. The third-order valence-corrected chi connectivity index (χ3v) is 11.1. The predicted molar refractivity (Wildman–Crippen MR) is 211 cm³/mol. The lowest BCUT2D eigenvalue weighted by Crippen LogP contribution is -2.26. The highest BCUT2D eigenvalue weighted by Crippen LogP contribution is 2.52. The Balaban J connectivity index is 1.34. The maximum Gasteiger partial charge on any atom is 0.235 e. The Kier molecular flexibility index (Phi) is 5.70. The third-order valence-electron chi connectivity index (χ3n) is 11.1. The second kappa shape index (κ2) is 10.3. The monoisotopic (exact) mass is 652 g/mol. The Morgan fingerprint density at radius 1 is 0.451 bits per heavy atom. The van der Waals surface area contributed by atoms with Crippen molar-refractivity contribution in [2.45, 2.75) is 19.3 Å². The summed E-state index contributed by atoms with van der Waals surface area (Å²) in [6.45, 7) is 4.78. The molecule has 1 aliphatic heterocycles. The Morgan fingerprint density at radius 2 is 1.00 bits per heavy atom. The van der Waals surface area contributed by atoms with Gasteiger partial charge in [0.2, 0.25) is 5.95 Å². The lowest BCUT2D eigenvalue weighted by atomic mass is 9.73. The number of nitrogens with zero attached hydrogens (tertiary/aromatic N) is 4. The van der Waals surface area contributed by atoms with Gasteiger partial charge in [-0.05, 0) is 58.3 Å². The summed E-state index contributed by atoms with van der Waals surface area (Å²) >= 11 is 0. The minimum atomic E-state index is -0.246. The summed E-state index contributed by atoms with van der Waals surface area (Å²) in [5, 5.41) is 7.37. The fourth-order valence-corrected chi connectivity index (χ4v) is 8.65. The topological polar surface area (TPSA) is 35.6 Å². The van der Waals surface area contributed by atoms with Crippen molar-refractivity contribution in [3.63, 3.8) is 0 Å². The highest BCUT2D eigenvalue weighted by molar-refractivity contribution is 6.27. The van der Waals surface area contributed by atoms with Crippen LogP contribution in [-0.4, -0.2) is 19.1 Å². The van der Waals surface area contributed by atoms with Crippen molar-refractivity contribution in [1.82, 2.24) is 19.1 Å². The second-order valence-electron chi connectivity index (χ2n) is 14.3. The number of aromatic nitrogens is 4. The van der Waals surface area contributed by atoms with E-state index in [0.717, 1.165) is 33.5 Å². The van der Waals surface area contributed by atoms with Gasteiger partial charge in [-0.25, -0.2) is 9.97 Å². The van der Waals surface area contributed by atoms with Crippen LogP contribution in [-0.2, 0) is 5.41 Å². The Labute approximate surface area is 294 Å². The zero-order chi connectivity index (χ0) is 33.8. The number of rotatable bonds is 3. The maximum absolute atomic E-state index is 5.37. The molecule has 0 unspecified atom stereocenters. The molecule has 0 atom stereocenters. The van der Waals surface area contributed by atoms with Gasteiger partial charge in [-0.3, -0.25) is 4.57 Å². The third kappa shape index (κ3) is 3.90. The molecule has 0 radical (unpaired) electrons. The van der Waals surface area contributed by atoms with Crippen LogP contribution in [0.1, 0.15) is 25.0 Å². The van der Waals surface area contributed by atoms with Crippen LogP contribution in [0.15, 0.2) is 158 Å². The van der Waals surface area contributed by atoms with Crippen molar-refractivity contribution in [3.05, 3.63) is 169 Å². The van der Waals surface area contributed by atoms with E-state index in [9.17, 15) is 0 Å². The molecule has 4 heterocycles. The summed E-state index contributed by atoms with van der Waals surface area (Å²) in [6, 6.07) is 56.6. The van der Waals surface area contributed by atoms with Crippen LogP contribution in [0.2, 0.25) is 0 Å². The average molecular weight is 653 g/mol. The number of hydrogen-bond donors (Lipinski definition) is 0. The molecule has 0 amide bonds. The van der Waals surface area contributed by atoms with Crippen LogP contribution in [0.5, 0.6) is 0 Å². The highest BCUT2D eigenvalue weighted by Gasteiger charge is 2.37. The van der Waals surface area contributed by atoms with E-state index in [4.69, 9.17) is 9.97 Å². The van der Waals surface area contributed by atoms with Crippen LogP contribution in [0.3, 0.4) is 0 Å². The molecule has 11 rings (SSSR count). The van der Waals surface area contributed by atoms with Crippen molar-refractivity contribution in [3.8, 4) is 34.2 Å². The van der Waals surface area contributed by atoms with Gasteiger partial charge in [-0.1, -0.05) is 135 Å². The number of para-hydroxylation sites is 2. The van der Waals surface area contributed by atoms with Crippen molar-refractivity contribution in [1.29, 1.82) is 0 Å². The van der Waals surface area contributed by atoms with E-state index in [1.165, 1.54) is 60.2 Å². The molecule has 0 N–H and O–H groups in total. The summed E-state index contributed by atoms with van der Waals surface area (Å²) in [6.07, 6.45) is 0. The molecular formula is C47H32N4. The molecule has 0 saturated carbocycles.